The van der Waals surface area contributed by atoms with Gasteiger partial charge in [-0.25, -0.2) is 0 Å². The zero-order valence-electron chi connectivity index (χ0n) is 19.0. The molecule has 1 aliphatic heterocycles. The van der Waals surface area contributed by atoms with Gasteiger partial charge in [-0.1, -0.05) is 30.3 Å². The fourth-order valence-electron chi connectivity index (χ4n) is 3.41. The molecule has 0 saturated heterocycles. The van der Waals surface area contributed by atoms with E-state index in [2.05, 4.69) is 10.6 Å². The summed E-state index contributed by atoms with van der Waals surface area (Å²) >= 11 is 0. The Kier molecular flexibility index (Phi) is 7.29. The molecular weight excluding hydrogens is 436 g/mol. The van der Waals surface area contributed by atoms with Gasteiger partial charge in [0.2, 0.25) is 6.79 Å². The molecule has 0 aliphatic carbocycles. The number of ether oxygens (including phenoxy) is 4. The van der Waals surface area contributed by atoms with E-state index < -0.39 is 6.10 Å². The number of hydrogen-bond acceptors (Lipinski definition) is 6. The molecule has 2 N–H and O–H groups in total. The summed E-state index contributed by atoms with van der Waals surface area (Å²) in [5.74, 6) is 1.41. The zero-order chi connectivity index (χ0) is 23.9. The first-order chi connectivity index (χ1) is 16.5. The van der Waals surface area contributed by atoms with E-state index in [9.17, 15) is 9.59 Å². The Hall–Kier alpha value is -4.04. The van der Waals surface area contributed by atoms with Gasteiger partial charge < -0.3 is 29.6 Å². The highest BCUT2D eigenvalue weighted by atomic mass is 16.7. The molecule has 2 amide bonds. The first kappa shape index (κ1) is 23.1. The first-order valence-electron chi connectivity index (χ1n) is 10.8. The highest BCUT2D eigenvalue weighted by Crippen LogP contribution is 2.32. The summed E-state index contributed by atoms with van der Waals surface area (Å²) in [6.07, 6.45) is -0.726. The van der Waals surface area contributed by atoms with E-state index in [1.165, 1.54) is 0 Å². The van der Waals surface area contributed by atoms with Crippen molar-refractivity contribution < 1.29 is 28.5 Å². The third kappa shape index (κ3) is 5.65. The van der Waals surface area contributed by atoms with Gasteiger partial charge in [0, 0.05) is 6.54 Å². The molecule has 0 saturated carbocycles. The lowest BCUT2D eigenvalue weighted by Gasteiger charge is -2.16. The van der Waals surface area contributed by atoms with Gasteiger partial charge in [-0.15, -0.1) is 0 Å². The smallest absolute Gasteiger partial charge is 0.253 e. The molecule has 0 radical (unpaired) electrons. The number of para-hydroxylation sites is 1. The van der Waals surface area contributed by atoms with E-state index in [1.54, 1.807) is 38.3 Å². The summed E-state index contributed by atoms with van der Waals surface area (Å²) < 4.78 is 21.6. The number of fused-ring (bicyclic) bond motifs is 1. The maximum absolute atomic E-state index is 12.8. The summed E-state index contributed by atoms with van der Waals surface area (Å²) in [5, 5.41) is 5.67. The maximum Gasteiger partial charge on any atom is 0.253 e. The third-order valence-electron chi connectivity index (χ3n) is 5.32. The zero-order valence-corrected chi connectivity index (χ0v) is 19.0. The fourth-order valence-corrected chi connectivity index (χ4v) is 3.41. The molecule has 3 aromatic carbocycles. The van der Waals surface area contributed by atoms with Gasteiger partial charge in [0.25, 0.3) is 11.8 Å². The number of hydrogen-bond donors (Lipinski definition) is 2. The highest BCUT2D eigenvalue weighted by Gasteiger charge is 2.18. The number of methoxy groups -OCH3 is 1. The summed E-state index contributed by atoms with van der Waals surface area (Å²) in [6, 6.07) is 19.8. The van der Waals surface area contributed by atoms with Crippen LogP contribution in [-0.2, 0) is 22.7 Å². The minimum absolute atomic E-state index is 0.194. The quantitative estimate of drug-likeness (QED) is 0.501. The molecule has 1 heterocycles. The van der Waals surface area contributed by atoms with E-state index in [0.29, 0.717) is 29.3 Å². The van der Waals surface area contributed by atoms with Crippen LogP contribution < -0.4 is 24.8 Å². The number of rotatable bonds is 9. The van der Waals surface area contributed by atoms with Gasteiger partial charge in [0.1, 0.15) is 11.9 Å². The van der Waals surface area contributed by atoms with E-state index >= 15 is 0 Å². The van der Waals surface area contributed by atoms with E-state index in [1.807, 2.05) is 42.5 Å². The molecule has 1 atom stereocenters. The van der Waals surface area contributed by atoms with Crippen LogP contribution in [0, 0.1) is 0 Å². The molecule has 8 nitrogen and oxygen atoms in total. The van der Waals surface area contributed by atoms with Crippen molar-refractivity contribution in [2.45, 2.75) is 26.2 Å². The van der Waals surface area contributed by atoms with Crippen LogP contribution in [-0.4, -0.2) is 31.8 Å². The average molecular weight is 463 g/mol. The molecule has 1 unspecified atom stereocenters. The van der Waals surface area contributed by atoms with Crippen molar-refractivity contribution in [3.05, 3.63) is 83.4 Å². The van der Waals surface area contributed by atoms with Crippen molar-refractivity contribution in [2.75, 3.05) is 19.2 Å². The molecule has 3 aromatic rings. The van der Waals surface area contributed by atoms with Crippen LogP contribution >= 0.6 is 0 Å². The Morgan fingerprint density at radius 2 is 1.79 bits per heavy atom. The van der Waals surface area contributed by atoms with E-state index in [4.69, 9.17) is 18.9 Å². The van der Waals surface area contributed by atoms with Gasteiger partial charge in [0.05, 0.1) is 25.0 Å². The molecule has 176 valence electrons. The lowest BCUT2D eigenvalue weighted by atomic mass is 10.1. The van der Waals surface area contributed by atoms with Gasteiger partial charge in [0.15, 0.2) is 11.5 Å². The van der Waals surface area contributed by atoms with Crippen molar-refractivity contribution in [1.82, 2.24) is 5.32 Å². The third-order valence-corrected chi connectivity index (χ3v) is 5.32. The topological polar surface area (TPSA) is 95.1 Å². The molecular formula is C26H26N2O6. The van der Waals surface area contributed by atoms with Crippen molar-refractivity contribution in [3.8, 4) is 17.2 Å². The van der Waals surface area contributed by atoms with Crippen LogP contribution in [0.5, 0.6) is 17.2 Å². The summed E-state index contributed by atoms with van der Waals surface area (Å²) in [5.41, 5.74) is 2.53. The maximum atomic E-state index is 12.8. The monoisotopic (exact) mass is 462 g/mol. The van der Waals surface area contributed by atoms with E-state index in [-0.39, 0.29) is 25.2 Å². The largest absolute Gasteiger partial charge is 0.497 e. The fraction of sp³-hybridized carbons (Fsp3) is 0.231. The van der Waals surface area contributed by atoms with Gasteiger partial charge in [-0.3, -0.25) is 9.59 Å². The lowest BCUT2D eigenvalue weighted by molar-refractivity contribution is -0.127. The van der Waals surface area contributed by atoms with Crippen LogP contribution in [0.4, 0.5) is 5.69 Å². The number of carbonyl (C=O) groups is 2. The Bertz CT molecular complexity index is 1180. The number of amides is 2. The average Bonchev–Trinajstić information content (AvgIpc) is 3.34. The highest BCUT2D eigenvalue weighted by molar-refractivity contribution is 6.04. The predicted molar refractivity (Wildman–Crippen MR) is 126 cm³/mol. The van der Waals surface area contributed by atoms with Crippen LogP contribution in [0.15, 0.2) is 66.7 Å². The van der Waals surface area contributed by atoms with Crippen LogP contribution in [0.2, 0.25) is 0 Å². The molecule has 4 rings (SSSR count). The molecule has 34 heavy (non-hydrogen) atoms. The van der Waals surface area contributed by atoms with Crippen molar-refractivity contribution in [2.24, 2.45) is 0 Å². The molecule has 0 spiro atoms. The number of carbonyl (C=O) groups excluding carboxylic acids is 2. The predicted octanol–water partition coefficient (Wildman–Crippen LogP) is 3.90. The Balaban J connectivity index is 1.34. The molecule has 0 aromatic heterocycles. The Morgan fingerprint density at radius 3 is 2.65 bits per heavy atom. The van der Waals surface area contributed by atoms with Gasteiger partial charge in [-0.2, -0.15) is 0 Å². The minimum atomic E-state index is -0.726. The second-order valence-electron chi connectivity index (χ2n) is 7.71. The molecule has 0 fully saturated rings. The van der Waals surface area contributed by atoms with Gasteiger partial charge in [-0.05, 0) is 54.4 Å². The van der Waals surface area contributed by atoms with Crippen LogP contribution in [0.3, 0.4) is 0 Å². The Labute approximate surface area is 197 Å². The SMILES string of the molecule is COc1cccc(COC(C)C(=O)Nc2ccccc2C(=O)NCc2ccc3c(c2)OCO3)c1. The normalized spacial score (nSPS) is 12.6. The van der Waals surface area contributed by atoms with E-state index in [0.717, 1.165) is 16.9 Å². The summed E-state index contributed by atoms with van der Waals surface area (Å²) in [6.45, 7) is 2.42. The minimum Gasteiger partial charge on any atom is -0.497 e. The van der Waals surface area contributed by atoms with Crippen LogP contribution in [0.25, 0.3) is 0 Å². The van der Waals surface area contributed by atoms with Crippen molar-refractivity contribution in [3.63, 3.8) is 0 Å². The number of nitrogens with one attached hydrogen (secondary N) is 2. The lowest BCUT2D eigenvalue weighted by Crippen LogP contribution is -2.30. The van der Waals surface area contributed by atoms with Crippen molar-refractivity contribution >= 4 is 17.5 Å². The standard InChI is InChI=1S/C26H26N2O6/c1-17(32-15-19-6-5-7-20(12-19)31-2)25(29)28-22-9-4-3-8-21(22)26(30)27-14-18-10-11-23-24(13-18)34-16-33-23/h3-13,17H,14-16H2,1-2H3,(H,27,30)(H,28,29). The summed E-state index contributed by atoms with van der Waals surface area (Å²) in [7, 11) is 1.60. The van der Waals surface area contributed by atoms with Crippen LogP contribution in [0.1, 0.15) is 28.4 Å². The first-order valence-corrected chi connectivity index (χ1v) is 10.8. The Morgan fingerprint density at radius 1 is 0.971 bits per heavy atom. The molecule has 8 heteroatoms. The molecule has 1 aliphatic rings. The summed E-state index contributed by atoms with van der Waals surface area (Å²) in [4.78, 5) is 25.5. The number of anilines is 1. The second-order valence-corrected chi connectivity index (χ2v) is 7.71. The second kappa shape index (κ2) is 10.7. The molecule has 0 bridgehead atoms. The van der Waals surface area contributed by atoms with Gasteiger partial charge >= 0.3 is 0 Å². The van der Waals surface area contributed by atoms with Crippen molar-refractivity contribution in [1.29, 1.82) is 0 Å². The number of benzene rings is 3.